The zero-order valence-electron chi connectivity index (χ0n) is 11.4. The van der Waals surface area contributed by atoms with Crippen molar-refractivity contribution in [2.45, 2.75) is 19.4 Å². The van der Waals surface area contributed by atoms with Crippen LogP contribution in [0.2, 0.25) is 0 Å². The fourth-order valence-electron chi connectivity index (χ4n) is 1.65. The molecular formula is C14H21FN2O2. The molecule has 1 aromatic carbocycles. The summed E-state index contributed by atoms with van der Waals surface area (Å²) in [6.45, 7) is 3.34. The summed E-state index contributed by atoms with van der Waals surface area (Å²) in [6, 6.07) is 6.29. The zero-order chi connectivity index (χ0) is 14.1. The Balaban J connectivity index is 2.26. The molecular weight excluding hydrogens is 247 g/mol. The summed E-state index contributed by atoms with van der Waals surface area (Å²) in [5, 5.41) is 5.84. The molecule has 0 fully saturated rings. The van der Waals surface area contributed by atoms with E-state index < -0.39 is 0 Å². The molecule has 0 bridgehead atoms. The van der Waals surface area contributed by atoms with E-state index >= 15 is 0 Å². The Labute approximate surface area is 113 Å². The van der Waals surface area contributed by atoms with Crippen LogP contribution >= 0.6 is 0 Å². The molecule has 106 valence electrons. The van der Waals surface area contributed by atoms with Gasteiger partial charge in [0.2, 0.25) is 5.91 Å². The van der Waals surface area contributed by atoms with Crippen molar-refractivity contribution >= 4 is 5.91 Å². The van der Waals surface area contributed by atoms with Crippen molar-refractivity contribution in [1.82, 2.24) is 10.6 Å². The fraction of sp³-hybridized carbons (Fsp3) is 0.500. The predicted octanol–water partition coefficient (Wildman–Crippen LogP) is 1.63. The average Bonchev–Trinajstić information content (AvgIpc) is 2.41. The van der Waals surface area contributed by atoms with Crippen molar-refractivity contribution in [2.75, 3.05) is 26.8 Å². The summed E-state index contributed by atoms with van der Waals surface area (Å²) in [4.78, 5) is 11.5. The molecule has 0 heterocycles. The van der Waals surface area contributed by atoms with E-state index in [9.17, 15) is 9.18 Å². The van der Waals surface area contributed by atoms with Crippen molar-refractivity contribution in [2.24, 2.45) is 0 Å². The summed E-state index contributed by atoms with van der Waals surface area (Å²) < 4.78 is 17.9. The molecule has 5 heteroatoms. The van der Waals surface area contributed by atoms with E-state index in [4.69, 9.17) is 4.74 Å². The van der Waals surface area contributed by atoms with Crippen LogP contribution in [0, 0.1) is 5.82 Å². The lowest BCUT2D eigenvalue weighted by Crippen LogP contribution is -2.35. The van der Waals surface area contributed by atoms with E-state index in [-0.39, 0.29) is 24.3 Å². The third-order valence-electron chi connectivity index (χ3n) is 2.76. The van der Waals surface area contributed by atoms with Crippen LogP contribution in [0.4, 0.5) is 4.39 Å². The number of hydrogen-bond donors (Lipinski definition) is 2. The van der Waals surface area contributed by atoms with Crippen LogP contribution in [-0.2, 0) is 9.53 Å². The number of carbonyl (C=O) groups excluding carboxylic acids is 1. The number of methoxy groups -OCH3 is 1. The molecule has 1 atom stereocenters. The molecule has 0 saturated carbocycles. The van der Waals surface area contributed by atoms with Gasteiger partial charge in [-0.15, -0.1) is 0 Å². The summed E-state index contributed by atoms with van der Waals surface area (Å²) in [6.07, 6.45) is 0.793. The second-order valence-corrected chi connectivity index (χ2v) is 4.35. The number of amides is 1. The van der Waals surface area contributed by atoms with Crippen LogP contribution in [-0.4, -0.2) is 32.7 Å². The molecule has 0 spiro atoms. The molecule has 1 rings (SSSR count). The van der Waals surface area contributed by atoms with E-state index in [0.29, 0.717) is 13.2 Å². The zero-order valence-corrected chi connectivity index (χ0v) is 11.4. The minimum absolute atomic E-state index is 0.0691. The first kappa shape index (κ1) is 15.6. The molecule has 0 aliphatic heterocycles. The van der Waals surface area contributed by atoms with Gasteiger partial charge < -0.3 is 15.4 Å². The second kappa shape index (κ2) is 8.61. The van der Waals surface area contributed by atoms with E-state index in [1.807, 2.05) is 13.0 Å². The van der Waals surface area contributed by atoms with Gasteiger partial charge in [0.05, 0.1) is 6.54 Å². The molecule has 2 N–H and O–H groups in total. The fourth-order valence-corrected chi connectivity index (χ4v) is 1.65. The van der Waals surface area contributed by atoms with E-state index in [0.717, 1.165) is 12.0 Å². The van der Waals surface area contributed by atoms with Crippen molar-refractivity contribution in [3.8, 4) is 0 Å². The van der Waals surface area contributed by atoms with Gasteiger partial charge in [-0.05, 0) is 31.0 Å². The molecule has 1 aromatic rings. The summed E-state index contributed by atoms with van der Waals surface area (Å²) in [7, 11) is 1.63. The summed E-state index contributed by atoms with van der Waals surface area (Å²) >= 11 is 0. The molecule has 4 nitrogen and oxygen atoms in total. The van der Waals surface area contributed by atoms with Gasteiger partial charge in [-0.1, -0.05) is 12.1 Å². The maximum atomic E-state index is 13.0. The van der Waals surface area contributed by atoms with Crippen molar-refractivity contribution < 1.29 is 13.9 Å². The maximum absolute atomic E-state index is 13.0. The van der Waals surface area contributed by atoms with Gasteiger partial charge >= 0.3 is 0 Å². The van der Waals surface area contributed by atoms with Gasteiger partial charge in [0.1, 0.15) is 5.82 Å². The van der Waals surface area contributed by atoms with E-state index in [1.165, 1.54) is 12.1 Å². The first-order chi connectivity index (χ1) is 9.13. The second-order valence-electron chi connectivity index (χ2n) is 4.35. The Morgan fingerprint density at radius 3 is 2.95 bits per heavy atom. The monoisotopic (exact) mass is 268 g/mol. The van der Waals surface area contributed by atoms with Crippen molar-refractivity contribution in [1.29, 1.82) is 0 Å². The number of ether oxygens (including phenoxy) is 1. The first-order valence-corrected chi connectivity index (χ1v) is 6.38. The van der Waals surface area contributed by atoms with Gasteiger partial charge in [0.25, 0.3) is 0 Å². The van der Waals surface area contributed by atoms with Crippen LogP contribution in [0.15, 0.2) is 24.3 Å². The molecule has 0 aromatic heterocycles. The molecule has 0 saturated heterocycles. The normalized spacial score (nSPS) is 12.2. The Morgan fingerprint density at radius 1 is 1.47 bits per heavy atom. The van der Waals surface area contributed by atoms with E-state index in [2.05, 4.69) is 10.6 Å². The molecule has 1 amide bonds. The highest BCUT2D eigenvalue weighted by atomic mass is 19.1. The van der Waals surface area contributed by atoms with Crippen LogP contribution < -0.4 is 10.6 Å². The Morgan fingerprint density at radius 2 is 2.26 bits per heavy atom. The van der Waals surface area contributed by atoms with Crippen LogP contribution in [0.5, 0.6) is 0 Å². The Hall–Kier alpha value is -1.46. The lowest BCUT2D eigenvalue weighted by molar-refractivity contribution is -0.120. The van der Waals surface area contributed by atoms with Crippen molar-refractivity contribution in [3.05, 3.63) is 35.6 Å². The lowest BCUT2D eigenvalue weighted by atomic mass is 10.1. The Kier molecular flexibility index (Phi) is 7.07. The van der Waals surface area contributed by atoms with Crippen molar-refractivity contribution in [3.63, 3.8) is 0 Å². The molecule has 0 unspecified atom stereocenters. The number of nitrogens with one attached hydrogen (secondary N) is 2. The van der Waals surface area contributed by atoms with Gasteiger partial charge in [0, 0.05) is 26.3 Å². The third kappa shape index (κ3) is 6.31. The third-order valence-corrected chi connectivity index (χ3v) is 2.76. The lowest BCUT2D eigenvalue weighted by Gasteiger charge is -2.14. The SMILES string of the molecule is COCCCNC(=O)CN[C@@H](C)c1cccc(F)c1. The smallest absolute Gasteiger partial charge is 0.233 e. The summed E-state index contributed by atoms with van der Waals surface area (Å²) in [5.41, 5.74) is 0.826. The van der Waals surface area contributed by atoms with Gasteiger partial charge in [-0.2, -0.15) is 0 Å². The first-order valence-electron chi connectivity index (χ1n) is 6.38. The highest BCUT2D eigenvalue weighted by Crippen LogP contribution is 2.12. The van der Waals surface area contributed by atoms with Gasteiger partial charge in [-0.3, -0.25) is 4.79 Å². The van der Waals surface area contributed by atoms with Gasteiger partial charge in [-0.25, -0.2) is 4.39 Å². The molecule has 0 aliphatic carbocycles. The van der Waals surface area contributed by atoms with E-state index in [1.54, 1.807) is 13.2 Å². The van der Waals surface area contributed by atoms with Crippen LogP contribution in [0.3, 0.4) is 0 Å². The average molecular weight is 268 g/mol. The number of rotatable bonds is 8. The quantitative estimate of drug-likeness (QED) is 0.705. The largest absolute Gasteiger partial charge is 0.385 e. The molecule has 0 radical (unpaired) electrons. The highest BCUT2D eigenvalue weighted by molar-refractivity contribution is 5.77. The van der Waals surface area contributed by atoms with Gasteiger partial charge in [0.15, 0.2) is 0 Å². The predicted molar refractivity (Wildman–Crippen MR) is 72.3 cm³/mol. The van der Waals surface area contributed by atoms with Crippen LogP contribution in [0.1, 0.15) is 24.9 Å². The maximum Gasteiger partial charge on any atom is 0.233 e. The minimum Gasteiger partial charge on any atom is -0.385 e. The molecule has 19 heavy (non-hydrogen) atoms. The topological polar surface area (TPSA) is 50.4 Å². The number of carbonyl (C=O) groups is 1. The number of hydrogen-bond acceptors (Lipinski definition) is 3. The van der Waals surface area contributed by atoms with Crippen LogP contribution in [0.25, 0.3) is 0 Å². The Bertz CT molecular complexity index is 399. The molecule has 0 aliphatic rings. The number of benzene rings is 1. The highest BCUT2D eigenvalue weighted by Gasteiger charge is 2.07. The minimum atomic E-state index is -0.268. The number of halogens is 1. The standard InChI is InChI=1S/C14H21FN2O2/c1-11(12-5-3-6-13(15)9-12)17-10-14(18)16-7-4-8-19-2/h3,5-6,9,11,17H,4,7-8,10H2,1-2H3,(H,16,18)/t11-/m0/s1. The summed E-state index contributed by atoms with van der Waals surface area (Å²) in [5.74, 6) is -0.338.